The third-order valence-electron chi connectivity index (χ3n) is 2.20. The zero-order chi connectivity index (χ0) is 11.8. The molecule has 0 aliphatic carbocycles. The molecule has 0 amide bonds. The summed E-state index contributed by atoms with van der Waals surface area (Å²) in [6, 6.07) is 2.01. The fourth-order valence-corrected chi connectivity index (χ4v) is 3.75. The van der Waals surface area contributed by atoms with Gasteiger partial charge in [-0.2, -0.15) is 11.3 Å². The smallest absolute Gasteiger partial charge is 0.157 e. The molecular weight excluding hydrogens is 274 g/mol. The van der Waals surface area contributed by atoms with E-state index in [9.17, 15) is 4.21 Å². The van der Waals surface area contributed by atoms with Crippen LogP contribution in [-0.4, -0.2) is 25.4 Å². The summed E-state index contributed by atoms with van der Waals surface area (Å²) in [7, 11) is -1.14. The molecule has 3 heterocycles. The van der Waals surface area contributed by atoms with E-state index in [-0.39, 0.29) is 0 Å². The van der Waals surface area contributed by atoms with E-state index in [2.05, 4.69) is 15.0 Å². The molecule has 3 aromatic rings. The second kappa shape index (κ2) is 4.25. The van der Waals surface area contributed by atoms with Crippen molar-refractivity contribution in [3.63, 3.8) is 0 Å². The van der Waals surface area contributed by atoms with Crippen molar-refractivity contribution in [2.75, 3.05) is 6.26 Å². The lowest BCUT2D eigenvalue weighted by Crippen LogP contribution is -1.94. The van der Waals surface area contributed by atoms with E-state index in [1.54, 1.807) is 17.6 Å². The highest BCUT2D eigenvalue weighted by molar-refractivity contribution is 7.84. The van der Waals surface area contributed by atoms with E-state index < -0.39 is 10.8 Å². The Bertz CT molecular complexity index is 690. The first-order valence-electron chi connectivity index (χ1n) is 4.73. The van der Waals surface area contributed by atoms with Crippen LogP contribution in [0.5, 0.6) is 0 Å². The minimum atomic E-state index is -1.14. The molecule has 86 valence electrons. The van der Waals surface area contributed by atoms with Crippen molar-refractivity contribution in [2.24, 2.45) is 0 Å². The summed E-state index contributed by atoms with van der Waals surface area (Å²) < 4.78 is 11.5. The quantitative estimate of drug-likeness (QED) is 0.677. The van der Waals surface area contributed by atoms with Crippen LogP contribution < -0.4 is 0 Å². The molecule has 0 spiro atoms. The van der Waals surface area contributed by atoms with Crippen LogP contribution in [0.1, 0.15) is 0 Å². The van der Waals surface area contributed by atoms with E-state index in [0.29, 0.717) is 10.5 Å². The first-order chi connectivity index (χ1) is 8.25. The summed E-state index contributed by atoms with van der Waals surface area (Å²) in [5, 5.41) is 5.45. The average molecular weight is 281 g/mol. The summed E-state index contributed by atoms with van der Waals surface area (Å²) in [6.07, 6.45) is 3.04. The van der Waals surface area contributed by atoms with Crippen molar-refractivity contribution < 1.29 is 4.21 Å². The highest BCUT2D eigenvalue weighted by Crippen LogP contribution is 2.31. The predicted octanol–water partition coefficient (Wildman–Crippen LogP) is 2.55. The van der Waals surface area contributed by atoms with Gasteiger partial charge in [0.2, 0.25) is 0 Å². The lowest BCUT2D eigenvalue weighted by molar-refractivity contribution is 0.684. The number of rotatable bonds is 2. The lowest BCUT2D eigenvalue weighted by atomic mass is 10.4. The fraction of sp³-hybridized carbons (Fsp3) is 0.100. The Morgan fingerprint density at radius 1 is 1.35 bits per heavy atom. The highest BCUT2D eigenvalue weighted by atomic mass is 32.2. The predicted molar refractivity (Wildman–Crippen MR) is 70.9 cm³/mol. The van der Waals surface area contributed by atoms with Crippen LogP contribution in [0, 0.1) is 0 Å². The highest BCUT2D eigenvalue weighted by Gasteiger charge is 2.13. The molecule has 0 aliphatic heterocycles. The van der Waals surface area contributed by atoms with E-state index in [0.717, 1.165) is 15.4 Å². The molecule has 0 bridgehead atoms. The van der Waals surface area contributed by atoms with Crippen molar-refractivity contribution in [3.8, 4) is 10.6 Å². The van der Waals surface area contributed by atoms with Gasteiger partial charge in [0.1, 0.15) is 21.7 Å². The van der Waals surface area contributed by atoms with E-state index >= 15 is 0 Å². The number of thiophene rings is 1. The second-order valence-corrected chi connectivity index (χ2v) is 6.37. The van der Waals surface area contributed by atoms with Crippen LogP contribution in [0.3, 0.4) is 0 Å². The first-order valence-corrected chi connectivity index (χ1v) is 8.05. The van der Waals surface area contributed by atoms with Gasteiger partial charge in [-0.25, -0.2) is 15.0 Å². The standard InChI is InChI=1S/C10H7N3OS3/c1-17(14)10-7-9(11-5-12-10)16-8(13-7)6-2-3-15-4-6/h2-5H,1H3. The van der Waals surface area contributed by atoms with Crippen LogP contribution in [0.15, 0.2) is 28.2 Å². The molecular formula is C10H7N3OS3. The minimum Gasteiger partial charge on any atom is -0.253 e. The summed E-state index contributed by atoms with van der Waals surface area (Å²) in [4.78, 5) is 13.5. The number of hydrogen-bond donors (Lipinski definition) is 0. The number of hydrogen-bond acceptors (Lipinski definition) is 6. The zero-order valence-electron chi connectivity index (χ0n) is 8.78. The molecule has 0 aliphatic rings. The number of thiazole rings is 1. The van der Waals surface area contributed by atoms with Crippen LogP contribution in [0.4, 0.5) is 0 Å². The number of fused-ring (bicyclic) bond motifs is 1. The summed E-state index contributed by atoms with van der Waals surface area (Å²) in [5.74, 6) is 0. The lowest BCUT2D eigenvalue weighted by Gasteiger charge is -1.93. The first kappa shape index (κ1) is 10.9. The third-order valence-corrected chi connectivity index (χ3v) is 4.74. The van der Waals surface area contributed by atoms with Crippen LogP contribution in [0.2, 0.25) is 0 Å². The van der Waals surface area contributed by atoms with Crippen LogP contribution >= 0.6 is 22.7 Å². The third kappa shape index (κ3) is 1.90. The van der Waals surface area contributed by atoms with Crippen molar-refractivity contribution in [1.29, 1.82) is 0 Å². The van der Waals surface area contributed by atoms with Crippen molar-refractivity contribution in [2.45, 2.75) is 5.03 Å². The maximum atomic E-state index is 11.5. The van der Waals surface area contributed by atoms with Crippen molar-refractivity contribution in [1.82, 2.24) is 15.0 Å². The summed E-state index contributed by atoms with van der Waals surface area (Å²) in [5.41, 5.74) is 1.73. The van der Waals surface area contributed by atoms with E-state index in [1.165, 1.54) is 17.7 Å². The zero-order valence-corrected chi connectivity index (χ0v) is 11.2. The topological polar surface area (TPSA) is 55.7 Å². The van der Waals surface area contributed by atoms with E-state index in [1.807, 2.05) is 16.8 Å². The van der Waals surface area contributed by atoms with Gasteiger partial charge in [-0.3, -0.25) is 4.21 Å². The monoisotopic (exact) mass is 281 g/mol. The maximum absolute atomic E-state index is 11.5. The molecule has 3 aromatic heterocycles. The minimum absolute atomic E-state index is 0.507. The van der Waals surface area contributed by atoms with Crippen molar-refractivity contribution in [3.05, 3.63) is 23.2 Å². The Morgan fingerprint density at radius 3 is 2.94 bits per heavy atom. The van der Waals surface area contributed by atoms with Gasteiger partial charge < -0.3 is 0 Å². The SMILES string of the molecule is CS(=O)c1ncnc2sc(-c3ccsc3)nc12. The Hall–Kier alpha value is -1.18. The molecule has 1 unspecified atom stereocenters. The molecule has 0 N–H and O–H groups in total. The Balaban J connectivity index is 2.26. The largest absolute Gasteiger partial charge is 0.253 e. The molecule has 1 atom stereocenters. The molecule has 0 saturated heterocycles. The van der Waals surface area contributed by atoms with Gasteiger partial charge in [0.05, 0.1) is 10.8 Å². The molecule has 0 aromatic carbocycles. The molecule has 0 saturated carbocycles. The molecule has 4 nitrogen and oxygen atoms in total. The molecule has 0 fully saturated rings. The Labute approximate surface area is 108 Å². The van der Waals surface area contributed by atoms with Gasteiger partial charge >= 0.3 is 0 Å². The second-order valence-electron chi connectivity index (χ2n) is 3.32. The van der Waals surface area contributed by atoms with Crippen LogP contribution in [0.25, 0.3) is 20.9 Å². The van der Waals surface area contributed by atoms with Crippen molar-refractivity contribution >= 4 is 43.8 Å². The van der Waals surface area contributed by atoms with Crippen LogP contribution in [-0.2, 0) is 10.8 Å². The summed E-state index contributed by atoms with van der Waals surface area (Å²) >= 11 is 3.12. The Morgan fingerprint density at radius 2 is 2.24 bits per heavy atom. The number of nitrogens with zero attached hydrogens (tertiary/aromatic N) is 3. The Kier molecular flexibility index (Phi) is 2.73. The van der Waals surface area contributed by atoms with Gasteiger partial charge in [0, 0.05) is 17.2 Å². The molecule has 7 heteroatoms. The van der Waals surface area contributed by atoms with Gasteiger partial charge in [-0.15, -0.1) is 0 Å². The molecule has 3 rings (SSSR count). The normalized spacial score (nSPS) is 13.0. The van der Waals surface area contributed by atoms with Gasteiger partial charge in [-0.1, -0.05) is 11.3 Å². The summed E-state index contributed by atoms with van der Waals surface area (Å²) in [6.45, 7) is 0. The molecule has 17 heavy (non-hydrogen) atoms. The van der Waals surface area contributed by atoms with Gasteiger partial charge in [-0.05, 0) is 11.4 Å². The van der Waals surface area contributed by atoms with Gasteiger partial charge in [0.25, 0.3) is 0 Å². The molecule has 0 radical (unpaired) electrons. The average Bonchev–Trinajstić information content (AvgIpc) is 2.96. The van der Waals surface area contributed by atoms with Gasteiger partial charge in [0.15, 0.2) is 5.03 Å². The number of aromatic nitrogens is 3. The fourth-order valence-electron chi connectivity index (χ4n) is 1.45. The van der Waals surface area contributed by atoms with E-state index in [4.69, 9.17) is 0 Å². The maximum Gasteiger partial charge on any atom is 0.157 e.